The predicted molar refractivity (Wildman–Crippen MR) is 63.7 cm³/mol. The van der Waals surface area contributed by atoms with Crippen molar-refractivity contribution in [1.82, 2.24) is 0 Å². The van der Waals surface area contributed by atoms with Gasteiger partial charge in [-0.05, 0) is 27.2 Å². The lowest BCUT2D eigenvalue weighted by atomic mass is 10.3. The van der Waals surface area contributed by atoms with Crippen molar-refractivity contribution in [3.05, 3.63) is 0 Å². The molecule has 6 heteroatoms. The molecule has 3 unspecified atom stereocenters. The Labute approximate surface area is 107 Å². The van der Waals surface area contributed by atoms with Crippen molar-refractivity contribution in [2.45, 2.75) is 52.4 Å². The van der Waals surface area contributed by atoms with Crippen LogP contribution in [0.1, 0.15) is 34.1 Å². The number of carbonyl (C=O) groups excluding carboxylic acids is 1. The molecule has 18 heavy (non-hydrogen) atoms. The van der Waals surface area contributed by atoms with Crippen LogP contribution in [0.4, 0.5) is 4.53 Å². The number of rotatable bonds is 10. The first-order valence-corrected chi connectivity index (χ1v) is 6.18. The largest absolute Gasteiger partial charge is 0.376 e. The molecule has 0 radical (unpaired) electrons. The minimum atomic E-state index is -1.04. The number of halogens is 1. The molecule has 0 spiro atoms. The zero-order valence-corrected chi connectivity index (χ0v) is 11.5. The molecular formula is C12H23FO5. The molecule has 0 saturated carbocycles. The highest BCUT2D eigenvalue weighted by atomic mass is 19.3. The SMILES string of the molecule is CCCOC(C)COC(C)COC(C)C(=O)OF. The van der Waals surface area contributed by atoms with Crippen molar-refractivity contribution < 1.29 is 28.5 Å². The fourth-order valence-corrected chi connectivity index (χ4v) is 1.13. The Morgan fingerprint density at radius 2 is 1.61 bits per heavy atom. The maximum Gasteiger partial charge on any atom is 0.376 e. The normalized spacial score (nSPS) is 16.1. The summed E-state index contributed by atoms with van der Waals surface area (Å²) < 4.78 is 27.5. The van der Waals surface area contributed by atoms with E-state index in [0.29, 0.717) is 13.2 Å². The monoisotopic (exact) mass is 266 g/mol. The van der Waals surface area contributed by atoms with Gasteiger partial charge in [-0.3, -0.25) is 4.94 Å². The fourth-order valence-electron chi connectivity index (χ4n) is 1.13. The van der Waals surface area contributed by atoms with Crippen LogP contribution < -0.4 is 0 Å². The molecule has 108 valence electrons. The molecule has 0 aromatic heterocycles. The average Bonchev–Trinajstić information content (AvgIpc) is 2.38. The second-order valence-corrected chi connectivity index (χ2v) is 4.20. The Morgan fingerprint density at radius 3 is 2.17 bits per heavy atom. The van der Waals surface area contributed by atoms with Gasteiger partial charge in [0.2, 0.25) is 0 Å². The first kappa shape index (κ1) is 17.3. The second kappa shape index (κ2) is 10.2. The highest BCUT2D eigenvalue weighted by molar-refractivity contribution is 5.73. The van der Waals surface area contributed by atoms with Gasteiger partial charge in [0.15, 0.2) is 6.10 Å². The highest BCUT2D eigenvalue weighted by Gasteiger charge is 2.17. The first-order chi connectivity index (χ1) is 8.51. The Kier molecular flexibility index (Phi) is 9.82. The van der Waals surface area contributed by atoms with Gasteiger partial charge < -0.3 is 14.2 Å². The summed E-state index contributed by atoms with van der Waals surface area (Å²) in [6.07, 6.45) is -0.158. The average molecular weight is 266 g/mol. The topological polar surface area (TPSA) is 54.0 Å². The Hall–Kier alpha value is -0.720. The van der Waals surface area contributed by atoms with Gasteiger partial charge >= 0.3 is 5.97 Å². The quantitative estimate of drug-likeness (QED) is 0.605. The molecule has 0 aliphatic rings. The van der Waals surface area contributed by atoms with E-state index < -0.39 is 12.1 Å². The van der Waals surface area contributed by atoms with Gasteiger partial charge in [-0.25, -0.2) is 4.79 Å². The van der Waals surface area contributed by atoms with Crippen LogP contribution in [0.15, 0.2) is 0 Å². The van der Waals surface area contributed by atoms with Crippen molar-refractivity contribution >= 4 is 5.97 Å². The van der Waals surface area contributed by atoms with Crippen molar-refractivity contribution in [1.29, 1.82) is 0 Å². The van der Waals surface area contributed by atoms with Gasteiger partial charge in [-0.1, -0.05) is 6.92 Å². The lowest BCUT2D eigenvalue weighted by Gasteiger charge is -2.18. The van der Waals surface area contributed by atoms with Gasteiger partial charge in [0.1, 0.15) is 0 Å². The summed E-state index contributed by atoms with van der Waals surface area (Å²) in [5.74, 6) is -1.04. The van der Waals surface area contributed by atoms with E-state index in [0.717, 1.165) is 6.42 Å². The zero-order valence-electron chi connectivity index (χ0n) is 11.5. The predicted octanol–water partition coefficient (Wildman–Crippen LogP) is 2.04. The zero-order chi connectivity index (χ0) is 14.0. The van der Waals surface area contributed by atoms with Gasteiger partial charge in [0.05, 0.1) is 25.4 Å². The molecule has 0 aliphatic heterocycles. The molecule has 0 aromatic carbocycles. The molecule has 0 bridgehead atoms. The van der Waals surface area contributed by atoms with Crippen LogP contribution in [0, 0.1) is 0 Å². The molecule has 5 nitrogen and oxygen atoms in total. The van der Waals surface area contributed by atoms with E-state index >= 15 is 0 Å². The van der Waals surface area contributed by atoms with E-state index in [9.17, 15) is 9.32 Å². The van der Waals surface area contributed by atoms with E-state index in [1.807, 2.05) is 13.8 Å². The molecule has 0 rings (SSSR count). The molecule has 0 amide bonds. The number of carbonyl (C=O) groups is 1. The third-order valence-corrected chi connectivity index (χ3v) is 2.21. The third kappa shape index (κ3) is 8.38. The van der Waals surface area contributed by atoms with Crippen LogP contribution in [-0.4, -0.2) is 44.1 Å². The van der Waals surface area contributed by atoms with Gasteiger partial charge in [0, 0.05) is 11.1 Å². The van der Waals surface area contributed by atoms with Crippen LogP contribution in [0.2, 0.25) is 0 Å². The maximum absolute atomic E-state index is 11.6. The summed E-state index contributed by atoms with van der Waals surface area (Å²) >= 11 is 0. The maximum atomic E-state index is 11.6. The molecule has 0 heterocycles. The summed E-state index contributed by atoms with van der Waals surface area (Å²) in [4.78, 5) is 13.8. The third-order valence-electron chi connectivity index (χ3n) is 2.21. The lowest BCUT2D eigenvalue weighted by molar-refractivity contribution is -0.197. The molecule has 3 atom stereocenters. The van der Waals surface area contributed by atoms with Crippen LogP contribution in [0.3, 0.4) is 0 Å². The van der Waals surface area contributed by atoms with E-state index in [2.05, 4.69) is 4.94 Å². The first-order valence-electron chi connectivity index (χ1n) is 6.18. The lowest BCUT2D eigenvalue weighted by Crippen LogP contribution is -2.28. The smallest absolute Gasteiger partial charge is 0.376 e. The van der Waals surface area contributed by atoms with E-state index in [1.54, 1.807) is 6.92 Å². The van der Waals surface area contributed by atoms with Crippen molar-refractivity contribution in [2.24, 2.45) is 0 Å². The summed E-state index contributed by atoms with van der Waals surface area (Å²) in [6.45, 7) is 8.53. The van der Waals surface area contributed by atoms with Crippen LogP contribution in [0.5, 0.6) is 0 Å². The Bertz CT molecular complexity index is 225. The minimum absolute atomic E-state index is 0.0145. The van der Waals surface area contributed by atoms with Gasteiger partial charge in [-0.15, -0.1) is 0 Å². The number of ether oxygens (including phenoxy) is 3. The Morgan fingerprint density at radius 1 is 1.06 bits per heavy atom. The van der Waals surface area contributed by atoms with E-state index in [-0.39, 0.29) is 18.8 Å². The van der Waals surface area contributed by atoms with E-state index in [4.69, 9.17) is 14.2 Å². The number of hydrogen-bond donors (Lipinski definition) is 0. The van der Waals surface area contributed by atoms with Gasteiger partial charge in [0.25, 0.3) is 0 Å². The van der Waals surface area contributed by atoms with Crippen molar-refractivity contribution in [3.8, 4) is 0 Å². The summed E-state index contributed by atoms with van der Waals surface area (Å²) in [5.41, 5.74) is 0. The minimum Gasteiger partial charge on any atom is -0.376 e. The molecule has 0 saturated heterocycles. The summed E-state index contributed by atoms with van der Waals surface area (Å²) in [7, 11) is 0. The highest BCUT2D eigenvalue weighted by Crippen LogP contribution is 2.01. The summed E-state index contributed by atoms with van der Waals surface area (Å²) in [6, 6.07) is 0. The standard InChI is InChI=1S/C12H23FO5/c1-5-6-15-9(2)7-16-10(3)8-17-11(4)12(14)18-13/h9-11H,5-8H2,1-4H3. The van der Waals surface area contributed by atoms with Crippen LogP contribution in [0.25, 0.3) is 0 Å². The van der Waals surface area contributed by atoms with Crippen LogP contribution >= 0.6 is 0 Å². The van der Waals surface area contributed by atoms with E-state index in [1.165, 1.54) is 6.92 Å². The number of hydrogen-bond acceptors (Lipinski definition) is 5. The van der Waals surface area contributed by atoms with Crippen LogP contribution in [-0.2, 0) is 23.9 Å². The Balaban J connectivity index is 3.64. The molecule has 0 N–H and O–H groups in total. The fraction of sp³-hybridized carbons (Fsp3) is 0.917. The van der Waals surface area contributed by atoms with Crippen molar-refractivity contribution in [3.63, 3.8) is 0 Å². The molecule has 0 aliphatic carbocycles. The van der Waals surface area contributed by atoms with Crippen molar-refractivity contribution in [2.75, 3.05) is 19.8 Å². The second-order valence-electron chi connectivity index (χ2n) is 4.20. The van der Waals surface area contributed by atoms with Gasteiger partial charge in [-0.2, -0.15) is 0 Å². The summed E-state index contributed by atoms with van der Waals surface area (Å²) in [5, 5.41) is 0. The molecular weight excluding hydrogens is 243 g/mol. The molecule has 0 fully saturated rings. The molecule has 0 aromatic rings.